The van der Waals surface area contributed by atoms with Crippen molar-refractivity contribution in [2.45, 2.75) is 46.0 Å². The molecular formula is C22H25ClN4O2S. The van der Waals surface area contributed by atoms with Gasteiger partial charge in [-0.25, -0.2) is 0 Å². The monoisotopic (exact) mass is 444 g/mol. The molecule has 30 heavy (non-hydrogen) atoms. The number of anilines is 1. The SMILES string of the molecule is CCn1c(COc2ccc(C)cc2C)nnc1SCC(=O)Nc1cccc(Cl)c1C. The lowest BCUT2D eigenvalue weighted by atomic mass is 10.1. The quantitative estimate of drug-likeness (QED) is 0.484. The van der Waals surface area contributed by atoms with E-state index in [1.807, 2.05) is 49.6 Å². The van der Waals surface area contributed by atoms with Gasteiger partial charge in [-0.3, -0.25) is 4.79 Å². The van der Waals surface area contributed by atoms with Crippen molar-refractivity contribution in [1.29, 1.82) is 0 Å². The van der Waals surface area contributed by atoms with Crippen LogP contribution in [0.15, 0.2) is 41.6 Å². The number of nitrogens with zero attached hydrogens (tertiary/aromatic N) is 3. The van der Waals surface area contributed by atoms with Gasteiger partial charge in [-0.2, -0.15) is 0 Å². The molecule has 6 nitrogen and oxygen atoms in total. The number of halogens is 1. The van der Waals surface area contributed by atoms with E-state index >= 15 is 0 Å². The molecule has 0 aliphatic rings. The summed E-state index contributed by atoms with van der Waals surface area (Å²) in [5.41, 5.74) is 3.84. The molecule has 0 aliphatic carbocycles. The van der Waals surface area contributed by atoms with Crippen molar-refractivity contribution >= 4 is 35.0 Å². The van der Waals surface area contributed by atoms with Crippen LogP contribution in [0.3, 0.4) is 0 Å². The Morgan fingerprint density at radius 2 is 2.00 bits per heavy atom. The number of rotatable bonds is 8. The molecule has 158 valence electrons. The van der Waals surface area contributed by atoms with Crippen molar-refractivity contribution in [3.63, 3.8) is 0 Å². The number of hydrogen-bond donors (Lipinski definition) is 1. The lowest BCUT2D eigenvalue weighted by Gasteiger charge is -2.11. The largest absolute Gasteiger partial charge is 0.485 e. The van der Waals surface area contributed by atoms with Crippen LogP contribution < -0.4 is 10.1 Å². The highest BCUT2D eigenvalue weighted by molar-refractivity contribution is 7.99. The third kappa shape index (κ3) is 5.34. The average Bonchev–Trinajstić information content (AvgIpc) is 3.11. The van der Waals surface area contributed by atoms with Crippen LogP contribution in [0.2, 0.25) is 5.02 Å². The molecule has 0 bridgehead atoms. The number of benzene rings is 2. The van der Waals surface area contributed by atoms with E-state index in [0.29, 0.717) is 29.0 Å². The Bertz CT molecular complexity index is 1050. The van der Waals surface area contributed by atoms with Gasteiger partial charge in [0, 0.05) is 17.3 Å². The summed E-state index contributed by atoms with van der Waals surface area (Å²) in [6, 6.07) is 11.5. The third-order valence-electron chi connectivity index (χ3n) is 4.67. The maximum absolute atomic E-state index is 12.4. The summed E-state index contributed by atoms with van der Waals surface area (Å²) >= 11 is 7.46. The Morgan fingerprint density at radius 3 is 2.73 bits per heavy atom. The number of nitrogens with one attached hydrogen (secondary N) is 1. The number of aryl methyl sites for hydroxylation is 2. The summed E-state index contributed by atoms with van der Waals surface area (Å²) < 4.78 is 7.90. The van der Waals surface area contributed by atoms with Crippen LogP contribution >= 0.6 is 23.4 Å². The number of thioether (sulfide) groups is 1. The topological polar surface area (TPSA) is 69.0 Å². The zero-order valence-corrected chi connectivity index (χ0v) is 19.1. The number of ether oxygens (including phenoxy) is 1. The van der Waals surface area contributed by atoms with E-state index in [0.717, 1.165) is 22.7 Å². The van der Waals surface area contributed by atoms with Gasteiger partial charge in [0.15, 0.2) is 11.0 Å². The summed E-state index contributed by atoms with van der Waals surface area (Å²) in [6.45, 7) is 8.98. The molecule has 0 fully saturated rings. The number of carbonyl (C=O) groups is 1. The Morgan fingerprint density at radius 1 is 1.20 bits per heavy atom. The maximum atomic E-state index is 12.4. The summed E-state index contributed by atoms with van der Waals surface area (Å²) in [5.74, 6) is 1.66. The fourth-order valence-corrected chi connectivity index (χ4v) is 4.01. The highest BCUT2D eigenvalue weighted by Crippen LogP contribution is 2.24. The number of carbonyl (C=O) groups excluding carboxylic acids is 1. The van der Waals surface area contributed by atoms with E-state index in [1.54, 1.807) is 6.07 Å². The molecule has 0 unspecified atom stereocenters. The minimum Gasteiger partial charge on any atom is -0.485 e. The standard InChI is InChI=1S/C22H25ClN4O2S/c1-5-27-20(12-29-19-10-9-14(2)11-15(19)3)25-26-22(27)30-13-21(28)24-18-8-6-7-17(23)16(18)4/h6-11H,5,12-13H2,1-4H3,(H,24,28). The van der Waals surface area contributed by atoms with E-state index in [1.165, 1.54) is 17.3 Å². The first kappa shape index (κ1) is 22.2. The number of hydrogen-bond acceptors (Lipinski definition) is 5. The number of aromatic nitrogens is 3. The van der Waals surface area contributed by atoms with Gasteiger partial charge in [-0.15, -0.1) is 10.2 Å². The Labute approximate surface area is 186 Å². The summed E-state index contributed by atoms with van der Waals surface area (Å²) in [4.78, 5) is 12.4. The predicted molar refractivity (Wildman–Crippen MR) is 121 cm³/mol. The molecule has 1 amide bonds. The van der Waals surface area contributed by atoms with Crippen LogP contribution in [0.25, 0.3) is 0 Å². The Balaban J connectivity index is 1.61. The molecule has 0 radical (unpaired) electrons. The van der Waals surface area contributed by atoms with Gasteiger partial charge < -0.3 is 14.6 Å². The van der Waals surface area contributed by atoms with Crippen molar-refractivity contribution in [1.82, 2.24) is 14.8 Å². The van der Waals surface area contributed by atoms with Crippen molar-refractivity contribution in [2.24, 2.45) is 0 Å². The van der Waals surface area contributed by atoms with Crippen LogP contribution in [0, 0.1) is 20.8 Å². The molecule has 2 aromatic carbocycles. The van der Waals surface area contributed by atoms with Gasteiger partial charge in [0.1, 0.15) is 12.4 Å². The van der Waals surface area contributed by atoms with E-state index in [4.69, 9.17) is 16.3 Å². The molecule has 1 aromatic heterocycles. The van der Waals surface area contributed by atoms with Gasteiger partial charge >= 0.3 is 0 Å². The van der Waals surface area contributed by atoms with Crippen LogP contribution in [-0.4, -0.2) is 26.4 Å². The zero-order valence-electron chi connectivity index (χ0n) is 17.5. The fraction of sp³-hybridized carbons (Fsp3) is 0.318. The predicted octanol–water partition coefficient (Wildman–Crippen LogP) is 5.19. The van der Waals surface area contributed by atoms with Gasteiger partial charge in [0.2, 0.25) is 5.91 Å². The Hall–Kier alpha value is -2.51. The van der Waals surface area contributed by atoms with Crippen molar-refractivity contribution < 1.29 is 9.53 Å². The summed E-state index contributed by atoms with van der Waals surface area (Å²) in [5, 5.41) is 12.7. The first-order chi connectivity index (χ1) is 14.4. The van der Waals surface area contributed by atoms with Gasteiger partial charge in [-0.05, 0) is 57.0 Å². The second-order valence-electron chi connectivity index (χ2n) is 6.95. The van der Waals surface area contributed by atoms with E-state index < -0.39 is 0 Å². The summed E-state index contributed by atoms with van der Waals surface area (Å²) in [6.07, 6.45) is 0. The molecule has 1 N–H and O–H groups in total. The molecule has 0 saturated heterocycles. The smallest absolute Gasteiger partial charge is 0.234 e. The molecule has 8 heteroatoms. The number of amides is 1. The molecule has 0 saturated carbocycles. The molecule has 0 spiro atoms. The van der Waals surface area contributed by atoms with Crippen LogP contribution in [0.5, 0.6) is 5.75 Å². The second-order valence-corrected chi connectivity index (χ2v) is 8.30. The first-order valence-corrected chi connectivity index (χ1v) is 11.0. The van der Waals surface area contributed by atoms with E-state index in [2.05, 4.69) is 28.5 Å². The van der Waals surface area contributed by atoms with Crippen LogP contribution in [0.1, 0.15) is 29.4 Å². The van der Waals surface area contributed by atoms with Crippen LogP contribution in [-0.2, 0) is 17.9 Å². The minimum absolute atomic E-state index is 0.121. The van der Waals surface area contributed by atoms with Crippen molar-refractivity contribution in [3.8, 4) is 5.75 Å². The molecular weight excluding hydrogens is 420 g/mol. The minimum atomic E-state index is -0.121. The van der Waals surface area contributed by atoms with Crippen molar-refractivity contribution in [3.05, 3.63) is 63.9 Å². The third-order valence-corrected chi connectivity index (χ3v) is 6.05. The summed E-state index contributed by atoms with van der Waals surface area (Å²) in [7, 11) is 0. The van der Waals surface area contributed by atoms with Gasteiger partial charge in [-0.1, -0.05) is 47.1 Å². The second kappa shape index (κ2) is 10.00. The first-order valence-electron chi connectivity index (χ1n) is 9.69. The van der Waals surface area contributed by atoms with Crippen LogP contribution in [0.4, 0.5) is 5.69 Å². The van der Waals surface area contributed by atoms with E-state index in [-0.39, 0.29) is 11.7 Å². The highest BCUT2D eigenvalue weighted by atomic mass is 35.5. The maximum Gasteiger partial charge on any atom is 0.234 e. The Kier molecular flexibility index (Phi) is 7.39. The lowest BCUT2D eigenvalue weighted by molar-refractivity contribution is -0.113. The molecule has 3 aromatic rings. The van der Waals surface area contributed by atoms with Crippen molar-refractivity contribution in [2.75, 3.05) is 11.1 Å². The lowest BCUT2D eigenvalue weighted by Crippen LogP contribution is -2.15. The molecule has 1 heterocycles. The van der Waals surface area contributed by atoms with E-state index in [9.17, 15) is 4.79 Å². The zero-order chi connectivity index (χ0) is 21.7. The highest BCUT2D eigenvalue weighted by Gasteiger charge is 2.15. The van der Waals surface area contributed by atoms with Gasteiger partial charge in [0.05, 0.1) is 5.75 Å². The molecule has 3 rings (SSSR count). The average molecular weight is 445 g/mol. The fourth-order valence-electron chi connectivity index (χ4n) is 3.01. The molecule has 0 aliphatic heterocycles. The normalized spacial score (nSPS) is 10.8. The molecule has 0 atom stereocenters. The van der Waals surface area contributed by atoms with Gasteiger partial charge in [0.25, 0.3) is 0 Å².